The Bertz CT molecular complexity index is 800. The van der Waals surface area contributed by atoms with Crippen LogP contribution in [0.2, 0.25) is 0 Å². The lowest BCUT2D eigenvalue weighted by atomic mass is 10.1. The summed E-state index contributed by atoms with van der Waals surface area (Å²) in [5, 5.41) is 3.43. The van der Waals surface area contributed by atoms with E-state index >= 15 is 0 Å². The van der Waals surface area contributed by atoms with Gasteiger partial charge in [-0.1, -0.05) is 12.1 Å². The molecule has 1 N–H and O–H groups in total. The van der Waals surface area contributed by atoms with Crippen molar-refractivity contribution in [1.29, 1.82) is 0 Å². The number of nitrogens with zero attached hydrogens (tertiary/aromatic N) is 4. The van der Waals surface area contributed by atoms with Gasteiger partial charge in [-0.2, -0.15) is 0 Å². The van der Waals surface area contributed by atoms with Crippen molar-refractivity contribution >= 4 is 17.2 Å². The molecule has 1 aliphatic rings. The van der Waals surface area contributed by atoms with E-state index in [1.807, 2.05) is 6.20 Å². The first-order chi connectivity index (χ1) is 11.4. The van der Waals surface area contributed by atoms with E-state index < -0.39 is 0 Å². The van der Waals surface area contributed by atoms with Crippen LogP contribution < -0.4 is 10.2 Å². The molecule has 0 bridgehead atoms. The molecule has 0 radical (unpaired) electrons. The molecule has 3 aromatic rings. The Morgan fingerprint density at radius 3 is 2.65 bits per heavy atom. The Labute approximate surface area is 136 Å². The zero-order chi connectivity index (χ0) is 15.6. The molecule has 0 atom stereocenters. The summed E-state index contributed by atoms with van der Waals surface area (Å²) in [6.45, 7) is 5.29. The van der Waals surface area contributed by atoms with Crippen LogP contribution in [0.5, 0.6) is 0 Å². The van der Waals surface area contributed by atoms with Crippen molar-refractivity contribution in [2.24, 2.45) is 0 Å². The van der Waals surface area contributed by atoms with E-state index in [4.69, 9.17) is 4.98 Å². The van der Waals surface area contributed by atoms with Gasteiger partial charge in [-0.25, -0.2) is 4.98 Å². The predicted molar refractivity (Wildman–Crippen MR) is 94.0 cm³/mol. The van der Waals surface area contributed by atoms with E-state index in [2.05, 4.69) is 50.8 Å². The number of rotatable bonds is 4. The SMILES string of the molecule is CCNc1c(-c2ccc(N3CCCC3)cc2)nc2cnccn12. The number of imidazole rings is 1. The molecular formula is C18H21N5. The average Bonchev–Trinajstić information content (AvgIpc) is 3.24. The molecule has 2 aromatic heterocycles. The maximum atomic E-state index is 4.75. The van der Waals surface area contributed by atoms with E-state index in [1.165, 1.54) is 31.6 Å². The molecule has 0 saturated carbocycles. The van der Waals surface area contributed by atoms with Gasteiger partial charge in [0, 0.05) is 43.3 Å². The summed E-state index contributed by atoms with van der Waals surface area (Å²) in [5.74, 6) is 1.03. The molecular weight excluding hydrogens is 286 g/mol. The number of nitrogens with one attached hydrogen (secondary N) is 1. The summed E-state index contributed by atoms with van der Waals surface area (Å²) in [5.41, 5.74) is 4.28. The van der Waals surface area contributed by atoms with Crippen LogP contribution in [0.25, 0.3) is 16.9 Å². The minimum absolute atomic E-state index is 0.856. The molecule has 1 saturated heterocycles. The molecule has 0 aliphatic carbocycles. The smallest absolute Gasteiger partial charge is 0.157 e. The molecule has 5 heteroatoms. The lowest BCUT2D eigenvalue weighted by Crippen LogP contribution is -2.17. The van der Waals surface area contributed by atoms with Crippen LogP contribution in [-0.4, -0.2) is 34.0 Å². The molecule has 1 fully saturated rings. The van der Waals surface area contributed by atoms with Gasteiger partial charge in [0.2, 0.25) is 0 Å². The van der Waals surface area contributed by atoms with Crippen LogP contribution in [0.4, 0.5) is 11.5 Å². The van der Waals surface area contributed by atoms with Crippen molar-refractivity contribution in [2.75, 3.05) is 29.9 Å². The monoisotopic (exact) mass is 307 g/mol. The molecule has 5 nitrogen and oxygen atoms in total. The number of benzene rings is 1. The van der Waals surface area contributed by atoms with E-state index in [9.17, 15) is 0 Å². The van der Waals surface area contributed by atoms with Gasteiger partial charge in [-0.3, -0.25) is 9.38 Å². The highest BCUT2D eigenvalue weighted by atomic mass is 15.1. The summed E-state index contributed by atoms with van der Waals surface area (Å²) >= 11 is 0. The average molecular weight is 307 g/mol. The number of hydrogen-bond donors (Lipinski definition) is 1. The Hall–Kier alpha value is -2.56. The summed E-state index contributed by atoms with van der Waals surface area (Å²) < 4.78 is 2.06. The Morgan fingerprint density at radius 1 is 1.13 bits per heavy atom. The van der Waals surface area contributed by atoms with E-state index in [-0.39, 0.29) is 0 Å². The first-order valence-corrected chi connectivity index (χ1v) is 8.28. The second-order valence-electron chi connectivity index (χ2n) is 5.88. The van der Waals surface area contributed by atoms with Crippen LogP contribution in [0.15, 0.2) is 42.9 Å². The zero-order valence-electron chi connectivity index (χ0n) is 13.4. The van der Waals surface area contributed by atoms with Crippen molar-refractivity contribution in [2.45, 2.75) is 19.8 Å². The maximum absolute atomic E-state index is 4.75. The Balaban J connectivity index is 1.74. The molecule has 1 aromatic carbocycles. The van der Waals surface area contributed by atoms with Crippen molar-refractivity contribution in [1.82, 2.24) is 14.4 Å². The van der Waals surface area contributed by atoms with Gasteiger partial charge in [0.15, 0.2) is 5.65 Å². The summed E-state index contributed by atoms with van der Waals surface area (Å²) in [6, 6.07) is 8.75. The standard InChI is InChI=1S/C18H21N5/c1-2-20-18-17(21-16-13-19-9-12-23(16)18)14-5-7-15(8-6-14)22-10-3-4-11-22/h5-9,12-13,20H,2-4,10-11H2,1H3. The van der Waals surface area contributed by atoms with Gasteiger partial charge in [-0.15, -0.1) is 0 Å². The number of hydrogen-bond acceptors (Lipinski definition) is 4. The third kappa shape index (κ3) is 2.52. The molecule has 3 heterocycles. The molecule has 118 valence electrons. The summed E-state index contributed by atoms with van der Waals surface area (Å²) in [7, 11) is 0. The van der Waals surface area contributed by atoms with Crippen LogP contribution in [0.3, 0.4) is 0 Å². The molecule has 0 unspecified atom stereocenters. The van der Waals surface area contributed by atoms with Gasteiger partial charge < -0.3 is 10.2 Å². The zero-order valence-corrected chi connectivity index (χ0v) is 13.4. The highest BCUT2D eigenvalue weighted by Crippen LogP contribution is 2.30. The first-order valence-electron chi connectivity index (χ1n) is 8.28. The number of anilines is 2. The fourth-order valence-electron chi connectivity index (χ4n) is 3.25. The second-order valence-corrected chi connectivity index (χ2v) is 5.88. The first kappa shape index (κ1) is 14.1. The van der Waals surface area contributed by atoms with Crippen molar-refractivity contribution < 1.29 is 0 Å². The van der Waals surface area contributed by atoms with Gasteiger partial charge in [0.25, 0.3) is 0 Å². The Kier molecular flexibility index (Phi) is 3.61. The van der Waals surface area contributed by atoms with Crippen LogP contribution >= 0.6 is 0 Å². The van der Waals surface area contributed by atoms with Crippen molar-refractivity contribution in [3.63, 3.8) is 0 Å². The Morgan fingerprint density at radius 2 is 1.91 bits per heavy atom. The lowest BCUT2D eigenvalue weighted by molar-refractivity contribution is 0.949. The highest BCUT2D eigenvalue weighted by Gasteiger charge is 2.15. The fourth-order valence-corrected chi connectivity index (χ4v) is 3.25. The van der Waals surface area contributed by atoms with E-state index in [0.29, 0.717) is 0 Å². The molecule has 0 spiro atoms. The van der Waals surface area contributed by atoms with Crippen LogP contribution in [0, 0.1) is 0 Å². The van der Waals surface area contributed by atoms with Crippen LogP contribution in [0.1, 0.15) is 19.8 Å². The van der Waals surface area contributed by atoms with Gasteiger partial charge in [0.05, 0.1) is 6.20 Å². The lowest BCUT2D eigenvalue weighted by Gasteiger charge is -2.17. The summed E-state index contributed by atoms with van der Waals surface area (Å²) in [6.07, 6.45) is 8.12. The number of aromatic nitrogens is 3. The molecule has 1 aliphatic heterocycles. The minimum Gasteiger partial charge on any atom is -0.372 e. The quantitative estimate of drug-likeness (QED) is 0.802. The molecule has 0 amide bonds. The largest absolute Gasteiger partial charge is 0.372 e. The van der Waals surface area contributed by atoms with Gasteiger partial charge in [-0.05, 0) is 31.9 Å². The fraction of sp³-hybridized carbons (Fsp3) is 0.333. The second kappa shape index (κ2) is 5.91. The van der Waals surface area contributed by atoms with E-state index in [1.54, 1.807) is 12.4 Å². The molecule has 4 rings (SSSR count). The van der Waals surface area contributed by atoms with Gasteiger partial charge in [0.1, 0.15) is 11.5 Å². The summed E-state index contributed by atoms with van der Waals surface area (Å²) in [4.78, 5) is 11.4. The maximum Gasteiger partial charge on any atom is 0.157 e. The van der Waals surface area contributed by atoms with Crippen LogP contribution in [-0.2, 0) is 0 Å². The molecule has 23 heavy (non-hydrogen) atoms. The third-order valence-electron chi connectivity index (χ3n) is 4.39. The highest BCUT2D eigenvalue weighted by molar-refractivity contribution is 5.77. The minimum atomic E-state index is 0.856. The van der Waals surface area contributed by atoms with E-state index in [0.717, 1.165) is 29.3 Å². The van der Waals surface area contributed by atoms with Gasteiger partial charge >= 0.3 is 0 Å². The topological polar surface area (TPSA) is 45.5 Å². The van der Waals surface area contributed by atoms with Crippen molar-refractivity contribution in [3.8, 4) is 11.3 Å². The third-order valence-corrected chi connectivity index (χ3v) is 4.39. The normalized spacial score (nSPS) is 14.6. The predicted octanol–water partition coefficient (Wildman–Crippen LogP) is 3.43. The van der Waals surface area contributed by atoms with Crippen molar-refractivity contribution in [3.05, 3.63) is 42.9 Å². The number of fused-ring (bicyclic) bond motifs is 1.